The van der Waals surface area contributed by atoms with Crippen LogP contribution in [0.5, 0.6) is 0 Å². The van der Waals surface area contributed by atoms with E-state index in [1.54, 1.807) is 0 Å². The molecule has 0 atom stereocenters. The van der Waals surface area contributed by atoms with Gasteiger partial charge in [0.05, 0.1) is 5.69 Å². The van der Waals surface area contributed by atoms with E-state index in [0.717, 1.165) is 34.9 Å². The second-order valence-corrected chi connectivity index (χ2v) is 6.42. The van der Waals surface area contributed by atoms with Crippen molar-refractivity contribution in [1.82, 2.24) is 15.0 Å². The van der Waals surface area contributed by atoms with Gasteiger partial charge in [-0.3, -0.25) is 4.98 Å². The maximum atomic E-state index is 4.73. The van der Waals surface area contributed by atoms with Crippen molar-refractivity contribution < 1.29 is 0 Å². The predicted molar refractivity (Wildman–Crippen MR) is 87.6 cm³/mol. The molecule has 4 heteroatoms. The molecule has 0 spiro atoms. The van der Waals surface area contributed by atoms with E-state index in [4.69, 9.17) is 4.98 Å². The Morgan fingerprint density at radius 3 is 2.38 bits per heavy atom. The van der Waals surface area contributed by atoms with E-state index < -0.39 is 0 Å². The number of rotatable bonds is 3. The van der Waals surface area contributed by atoms with E-state index in [0.29, 0.717) is 5.82 Å². The van der Waals surface area contributed by atoms with E-state index in [2.05, 4.69) is 56.0 Å². The van der Waals surface area contributed by atoms with Gasteiger partial charge < -0.3 is 5.32 Å². The molecule has 0 radical (unpaired) electrons. The van der Waals surface area contributed by atoms with E-state index in [-0.39, 0.29) is 5.41 Å². The Morgan fingerprint density at radius 1 is 1.10 bits per heavy atom. The van der Waals surface area contributed by atoms with Gasteiger partial charge in [-0.2, -0.15) is 0 Å². The molecule has 0 amide bonds. The van der Waals surface area contributed by atoms with Crippen LogP contribution >= 0.6 is 0 Å². The molecule has 2 rings (SSSR count). The highest BCUT2D eigenvalue weighted by atomic mass is 15.0. The van der Waals surface area contributed by atoms with Crippen LogP contribution in [0.3, 0.4) is 0 Å². The summed E-state index contributed by atoms with van der Waals surface area (Å²) in [4.78, 5) is 13.9. The van der Waals surface area contributed by atoms with Crippen molar-refractivity contribution in [3.63, 3.8) is 0 Å². The molecule has 0 bridgehead atoms. The maximum absolute atomic E-state index is 4.73. The highest BCUT2D eigenvalue weighted by Gasteiger charge is 2.19. The van der Waals surface area contributed by atoms with Crippen LogP contribution in [0.25, 0.3) is 11.5 Å². The Bertz CT molecular complexity index is 642. The molecule has 0 aliphatic rings. The Balaban J connectivity index is 2.59. The number of nitrogens with one attached hydrogen (secondary N) is 1. The lowest BCUT2D eigenvalue weighted by Crippen LogP contribution is -2.16. The standard InChI is InChI=1S/C17H24N4/c1-7-18-14-9-13(17(4,5)6)20-16(21-14)15-12(3)8-11(2)10-19-15/h8-10H,7H2,1-6H3,(H,18,20,21). The summed E-state index contributed by atoms with van der Waals surface area (Å²) < 4.78 is 0. The summed E-state index contributed by atoms with van der Waals surface area (Å²) in [5, 5.41) is 3.28. The minimum Gasteiger partial charge on any atom is -0.370 e. The highest BCUT2D eigenvalue weighted by Crippen LogP contribution is 2.26. The number of anilines is 1. The van der Waals surface area contributed by atoms with Crippen molar-refractivity contribution in [3.8, 4) is 11.5 Å². The zero-order valence-electron chi connectivity index (χ0n) is 13.8. The fourth-order valence-electron chi connectivity index (χ4n) is 2.16. The van der Waals surface area contributed by atoms with E-state index in [9.17, 15) is 0 Å². The molecule has 2 heterocycles. The number of aryl methyl sites for hydroxylation is 2. The molecule has 0 aliphatic carbocycles. The Hall–Kier alpha value is -1.97. The second-order valence-electron chi connectivity index (χ2n) is 6.42. The van der Waals surface area contributed by atoms with Gasteiger partial charge in [-0.1, -0.05) is 26.8 Å². The van der Waals surface area contributed by atoms with Crippen molar-refractivity contribution >= 4 is 5.82 Å². The molecule has 0 fully saturated rings. The number of hydrogen-bond donors (Lipinski definition) is 1. The zero-order chi connectivity index (χ0) is 15.6. The van der Waals surface area contributed by atoms with Gasteiger partial charge in [-0.25, -0.2) is 9.97 Å². The monoisotopic (exact) mass is 284 g/mol. The van der Waals surface area contributed by atoms with Crippen molar-refractivity contribution in [1.29, 1.82) is 0 Å². The Morgan fingerprint density at radius 2 is 1.81 bits per heavy atom. The molecule has 0 aliphatic heterocycles. The van der Waals surface area contributed by atoms with E-state index >= 15 is 0 Å². The molecular formula is C17H24N4. The summed E-state index contributed by atoms with van der Waals surface area (Å²) in [7, 11) is 0. The first kappa shape index (κ1) is 15.4. The van der Waals surface area contributed by atoms with Crippen molar-refractivity contribution in [2.24, 2.45) is 0 Å². The van der Waals surface area contributed by atoms with Gasteiger partial charge in [0, 0.05) is 24.2 Å². The number of hydrogen-bond acceptors (Lipinski definition) is 4. The minimum absolute atomic E-state index is 0.0273. The van der Waals surface area contributed by atoms with Gasteiger partial charge in [0.25, 0.3) is 0 Å². The van der Waals surface area contributed by atoms with Crippen LogP contribution in [-0.4, -0.2) is 21.5 Å². The maximum Gasteiger partial charge on any atom is 0.180 e. The third kappa shape index (κ3) is 3.57. The normalized spacial score (nSPS) is 11.5. The van der Waals surface area contributed by atoms with Crippen molar-refractivity contribution in [3.05, 3.63) is 35.2 Å². The third-order valence-electron chi connectivity index (χ3n) is 3.28. The second kappa shape index (κ2) is 5.80. The molecule has 0 saturated heterocycles. The highest BCUT2D eigenvalue weighted by molar-refractivity contribution is 5.58. The predicted octanol–water partition coefficient (Wildman–Crippen LogP) is 3.88. The van der Waals surface area contributed by atoms with Crippen LogP contribution in [0.4, 0.5) is 5.82 Å². The van der Waals surface area contributed by atoms with Gasteiger partial charge in [0.15, 0.2) is 5.82 Å². The lowest BCUT2D eigenvalue weighted by Gasteiger charge is -2.20. The lowest BCUT2D eigenvalue weighted by atomic mass is 9.92. The van der Waals surface area contributed by atoms with Gasteiger partial charge >= 0.3 is 0 Å². The van der Waals surface area contributed by atoms with Crippen LogP contribution in [-0.2, 0) is 5.41 Å². The van der Waals surface area contributed by atoms with Crippen molar-refractivity contribution in [2.45, 2.75) is 47.0 Å². The Labute approximate surface area is 127 Å². The third-order valence-corrected chi connectivity index (χ3v) is 3.28. The molecule has 0 unspecified atom stereocenters. The summed E-state index contributed by atoms with van der Waals surface area (Å²) in [6.07, 6.45) is 1.86. The van der Waals surface area contributed by atoms with E-state index in [1.807, 2.05) is 19.2 Å². The average Bonchev–Trinajstić information content (AvgIpc) is 2.37. The van der Waals surface area contributed by atoms with Gasteiger partial charge in [0.1, 0.15) is 11.5 Å². The summed E-state index contributed by atoms with van der Waals surface area (Å²) in [6, 6.07) is 4.14. The first-order chi connectivity index (χ1) is 9.81. The molecule has 0 saturated carbocycles. The van der Waals surface area contributed by atoms with Gasteiger partial charge in [0.2, 0.25) is 0 Å². The zero-order valence-corrected chi connectivity index (χ0v) is 13.8. The minimum atomic E-state index is -0.0273. The molecule has 112 valence electrons. The fraction of sp³-hybridized carbons (Fsp3) is 0.471. The fourth-order valence-corrected chi connectivity index (χ4v) is 2.16. The summed E-state index contributed by atoms with van der Waals surface area (Å²) in [5.41, 5.74) is 4.09. The average molecular weight is 284 g/mol. The lowest BCUT2D eigenvalue weighted by molar-refractivity contribution is 0.568. The smallest absolute Gasteiger partial charge is 0.180 e. The first-order valence-corrected chi connectivity index (χ1v) is 7.38. The molecule has 4 nitrogen and oxygen atoms in total. The van der Waals surface area contributed by atoms with Crippen molar-refractivity contribution in [2.75, 3.05) is 11.9 Å². The first-order valence-electron chi connectivity index (χ1n) is 7.38. The van der Waals surface area contributed by atoms with Gasteiger partial charge in [-0.15, -0.1) is 0 Å². The van der Waals surface area contributed by atoms with Crippen LogP contribution in [0.1, 0.15) is 44.5 Å². The molecule has 1 N–H and O–H groups in total. The van der Waals surface area contributed by atoms with Crippen LogP contribution in [0.2, 0.25) is 0 Å². The van der Waals surface area contributed by atoms with Crippen LogP contribution in [0.15, 0.2) is 18.3 Å². The topological polar surface area (TPSA) is 50.7 Å². The number of pyridine rings is 1. The van der Waals surface area contributed by atoms with Crippen LogP contribution < -0.4 is 5.32 Å². The SMILES string of the molecule is CCNc1cc(C(C)(C)C)nc(-c2ncc(C)cc2C)n1. The number of nitrogens with zero attached hydrogens (tertiary/aromatic N) is 3. The molecule has 0 aromatic carbocycles. The largest absolute Gasteiger partial charge is 0.370 e. The molecule has 2 aromatic rings. The molecule has 21 heavy (non-hydrogen) atoms. The van der Waals surface area contributed by atoms with E-state index in [1.165, 1.54) is 0 Å². The summed E-state index contributed by atoms with van der Waals surface area (Å²) in [5.74, 6) is 1.55. The summed E-state index contributed by atoms with van der Waals surface area (Å²) in [6.45, 7) is 13.5. The molecular weight excluding hydrogens is 260 g/mol. The molecule has 2 aromatic heterocycles. The summed E-state index contributed by atoms with van der Waals surface area (Å²) >= 11 is 0. The van der Waals surface area contributed by atoms with Gasteiger partial charge in [-0.05, 0) is 31.9 Å². The van der Waals surface area contributed by atoms with Crippen LogP contribution in [0, 0.1) is 13.8 Å². The Kier molecular flexibility index (Phi) is 4.26. The quantitative estimate of drug-likeness (QED) is 0.929. The number of aromatic nitrogens is 3.